The quantitative estimate of drug-likeness (QED) is 0.859. The third-order valence-corrected chi connectivity index (χ3v) is 2.38. The third kappa shape index (κ3) is 2.08. The molecule has 2 N–H and O–H groups in total. The molecule has 3 nitrogen and oxygen atoms in total. The van der Waals surface area contributed by atoms with Gasteiger partial charge in [0.2, 0.25) is 0 Å². The molecule has 1 aromatic rings. The van der Waals surface area contributed by atoms with Gasteiger partial charge in [-0.05, 0) is 29.8 Å². The first kappa shape index (κ1) is 9.74. The van der Waals surface area contributed by atoms with Gasteiger partial charge in [0.25, 0.3) is 0 Å². The van der Waals surface area contributed by atoms with Gasteiger partial charge >= 0.3 is 0 Å². The zero-order valence-corrected chi connectivity index (χ0v) is 9.00. The number of hydrogen-bond donors (Lipinski definition) is 1. The van der Waals surface area contributed by atoms with Crippen molar-refractivity contribution in [1.29, 1.82) is 0 Å². The standard InChI is InChI=1S/C8H14BrN3/c1-3-12-8(4-6(2)10)7(9)5-11-12/h5-6H,3-4,10H2,1-2H3. The second-order valence-electron chi connectivity index (χ2n) is 2.94. The number of nitrogens with zero attached hydrogens (tertiary/aromatic N) is 2. The van der Waals surface area contributed by atoms with Gasteiger partial charge < -0.3 is 5.73 Å². The summed E-state index contributed by atoms with van der Waals surface area (Å²) in [5, 5.41) is 4.20. The lowest BCUT2D eigenvalue weighted by molar-refractivity contribution is 0.593. The Balaban J connectivity index is 2.86. The van der Waals surface area contributed by atoms with Crippen molar-refractivity contribution < 1.29 is 0 Å². The molecule has 0 aliphatic rings. The molecule has 1 rings (SSSR count). The second-order valence-corrected chi connectivity index (χ2v) is 3.79. The summed E-state index contributed by atoms with van der Waals surface area (Å²) in [5.74, 6) is 0. The molecule has 0 bridgehead atoms. The van der Waals surface area contributed by atoms with Crippen molar-refractivity contribution in [3.8, 4) is 0 Å². The molecule has 0 fully saturated rings. The van der Waals surface area contributed by atoms with Gasteiger partial charge in [0.15, 0.2) is 0 Å². The molecule has 12 heavy (non-hydrogen) atoms. The molecule has 0 saturated carbocycles. The summed E-state index contributed by atoms with van der Waals surface area (Å²) in [4.78, 5) is 0. The van der Waals surface area contributed by atoms with E-state index in [1.807, 2.05) is 17.8 Å². The van der Waals surface area contributed by atoms with E-state index in [-0.39, 0.29) is 6.04 Å². The Kier molecular flexibility index (Phi) is 3.29. The maximum atomic E-state index is 5.71. The van der Waals surface area contributed by atoms with E-state index in [1.165, 1.54) is 5.69 Å². The summed E-state index contributed by atoms with van der Waals surface area (Å²) < 4.78 is 3.02. The smallest absolute Gasteiger partial charge is 0.0635 e. The average Bonchev–Trinajstić information content (AvgIpc) is 2.32. The zero-order valence-electron chi connectivity index (χ0n) is 7.42. The van der Waals surface area contributed by atoms with E-state index in [2.05, 4.69) is 28.0 Å². The lowest BCUT2D eigenvalue weighted by Crippen LogP contribution is -2.20. The molecule has 0 saturated heterocycles. The molecule has 1 atom stereocenters. The first-order valence-electron chi connectivity index (χ1n) is 4.11. The van der Waals surface area contributed by atoms with E-state index in [0.717, 1.165) is 17.4 Å². The van der Waals surface area contributed by atoms with Gasteiger partial charge in [0.05, 0.1) is 16.4 Å². The Morgan fingerprint density at radius 2 is 2.42 bits per heavy atom. The van der Waals surface area contributed by atoms with Gasteiger partial charge in [0.1, 0.15) is 0 Å². The molecule has 0 aliphatic heterocycles. The van der Waals surface area contributed by atoms with Crippen molar-refractivity contribution in [1.82, 2.24) is 9.78 Å². The molecule has 0 aliphatic carbocycles. The number of rotatable bonds is 3. The van der Waals surface area contributed by atoms with Crippen molar-refractivity contribution in [2.75, 3.05) is 0 Å². The minimum absolute atomic E-state index is 0.184. The lowest BCUT2D eigenvalue weighted by Gasteiger charge is -2.07. The van der Waals surface area contributed by atoms with E-state index in [1.54, 1.807) is 0 Å². The minimum atomic E-state index is 0.184. The molecule has 0 spiro atoms. The van der Waals surface area contributed by atoms with Crippen LogP contribution in [0, 0.1) is 0 Å². The Bertz CT molecular complexity index is 255. The van der Waals surface area contributed by atoms with Crippen LogP contribution >= 0.6 is 15.9 Å². The van der Waals surface area contributed by atoms with Crippen molar-refractivity contribution in [3.05, 3.63) is 16.4 Å². The topological polar surface area (TPSA) is 43.8 Å². The first-order chi connectivity index (χ1) is 5.65. The van der Waals surface area contributed by atoms with Gasteiger partial charge in [-0.25, -0.2) is 0 Å². The highest BCUT2D eigenvalue weighted by Gasteiger charge is 2.08. The van der Waals surface area contributed by atoms with Crippen LogP contribution in [0.15, 0.2) is 10.7 Å². The van der Waals surface area contributed by atoms with Crippen molar-refractivity contribution in [2.45, 2.75) is 32.9 Å². The van der Waals surface area contributed by atoms with Crippen LogP contribution < -0.4 is 5.73 Å². The largest absolute Gasteiger partial charge is 0.328 e. The molecular weight excluding hydrogens is 218 g/mol. The van der Waals surface area contributed by atoms with Gasteiger partial charge in [0, 0.05) is 19.0 Å². The molecule has 0 radical (unpaired) electrons. The number of nitrogens with two attached hydrogens (primary N) is 1. The molecule has 1 heterocycles. The summed E-state index contributed by atoms with van der Waals surface area (Å²) in [5.41, 5.74) is 6.90. The average molecular weight is 232 g/mol. The van der Waals surface area contributed by atoms with E-state index in [4.69, 9.17) is 5.73 Å². The summed E-state index contributed by atoms with van der Waals surface area (Å²) in [7, 11) is 0. The molecule has 0 aromatic carbocycles. The summed E-state index contributed by atoms with van der Waals surface area (Å²) in [6.45, 7) is 4.97. The van der Waals surface area contributed by atoms with Crippen LogP contribution in [-0.2, 0) is 13.0 Å². The maximum Gasteiger partial charge on any atom is 0.0635 e. The normalized spacial score (nSPS) is 13.3. The fourth-order valence-corrected chi connectivity index (χ4v) is 1.63. The van der Waals surface area contributed by atoms with E-state index in [9.17, 15) is 0 Å². The van der Waals surface area contributed by atoms with Gasteiger partial charge in [-0.1, -0.05) is 0 Å². The predicted octanol–water partition coefficient (Wildman–Crippen LogP) is 1.56. The van der Waals surface area contributed by atoms with Crippen LogP contribution in [0.25, 0.3) is 0 Å². The van der Waals surface area contributed by atoms with E-state index >= 15 is 0 Å². The Labute approximate surface area is 81.1 Å². The Morgan fingerprint density at radius 1 is 1.75 bits per heavy atom. The Hall–Kier alpha value is -0.350. The molecule has 4 heteroatoms. The highest BCUT2D eigenvalue weighted by Crippen LogP contribution is 2.16. The van der Waals surface area contributed by atoms with Gasteiger partial charge in [-0.2, -0.15) is 5.10 Å². The fraction of sp³-hybridized carbons (Fsp3) is 0.625. The number of aryl methyl sites for hydroxylation is 1. The van der Waals surface area contributed by atoms with E-state index < -0.39 is 0 Å². The minimum Gasteiger partial charge on any atom is -0.328 e. The molecule has 68 valence electrons. The van der Waals surface area contributed by atoms with Crippen molar-refractivity contribution in [3.63, 3.8) is 0 Å². The second kappa shape index (κ2) is 4.05. The van der Waals surface area contributed by atoms with Crippen LogP contribution in [0.2, 0.25) is 0 Å². The maximum absolute atomic E-state index is 5.71. The zero-order chi connectivity index (χ0) is 9.14. The number of aromatic nitrogens is 2. The molecular formula is C8H14BrN3. The van der Waals surface area contributed by atoms with Crippen LogP contribution in [0.3, 0.4) is 0 Å². The van der Waals surface area contributed by atoms with Crippen molar-refractivity contribution >= 4 is 15.9 Å². The molecule has 1 unspecified atom stereocenters. The highest BCUT2D eigenvalue weighted by atomic mass is 79.9. The SMILES string of the molecule is CCn1ncc(Br)c1CC(C)N. The predicted molar refractivity (Wildman–Crippen MR) is 53.0 cm³/mol. The monoisotopic (exact) mass is 231 g/mol. The fourth-order valence-electron chi connectivity index (χ4n) is 1.17. The van der Waals surface area contributed by atoms with Crippen LogP contribution in [0.5, 0.6) is 0 Å². The van der Waals surface area contributed by atoms with E-state index in [0.29, 0.717) is 0 Å². The van der Waals surface area contributed by atoms with Gasteiger partial charge in [-0.15, -0.1) is 0 Å². The Morgan fingerprint density at radius 3 is 2.92 bits per heavy atom. The number of halogens is 1. The van der Waals surface area contributed by atoms with Gasteiger partial charge in [-0.3, -0.25) is 4.68 Å². The molecule has 1 aromatic heterocycles. The summed E-state index contributed by atoms with van der Waals surface area (Å²) >= 11 is 3.45. The summed E-state index contributed by atoms with van der Waals surface area (Å²) in [6.07, 6.45) is 2.69. The van der Waals surface area contributed by atoms with Crippen LogP contribution in [0.1, 0.15) is 19.5 Å². The highest BCUT2D eigenvalue weighted by molar-refractivity contribution is 9.10. The number of hydrogen-bond acceptors (Lipinski definition) is 2. The van der Waals surface area contributed by atoms with Crippen molar-refractivity contribution in [2.24, 2.45) is 5.73 Å². The van der Waals surface area contributed by atoms with Crippen LogP contribution in [-0.4, -0.2) is 15.8 Å². The molecule has 0 amide bonds. The summed E-state index contributed by atoms with van der Waals surface area (Å²) in [6, 6.07) is 0.184. The third-order valence-electron chi connectivity index (χ3n) is 1.71. The lowest BCUT2D eigenvalue weighted by atomic mass is 10.2. The van der Waals surface area contributed by atoms with Crippen LogP contribution in [0.4, 0.5) is 0 Å². The first-order valence-corrected chi connectivity index (χ1v) is 4.90.